The monoisotopic (exact) mass is 533 g/mol. The first kappa shape index (κ1) is 24.8. The van der Waals surface area contributed by atoms with Gasteiger partial charge in [0.2, 0.25) is 0 Å². The second-order valence-electron chi connectivity index (χ2n) is 7.34. The van der Waals surface area contributed by atoms with Gasteiger partial charge in [-0.15, -0.1) is 24.0 Å². The van der Waals surface area contributed by atoms with Gasteiger partial charge in [0.25, 0.3) is 5.69 Å². The molecule has 30 heavy (non-hydrogen) atoms. The molecule has 1 atom stereocenters. The molecule has 10 heteroatoms. The summed E-state index contributed by atoms with van der Waals surface area (Å²) in [5, 5.41) is 17.6. The molecule has 168 valence electrons. The molecule has 0 saturated carbocycles. The molecule has 0 spiro atoms. The number of guanidine groups is 1. The number of nitrogens with one attached hydrogen (secondary N) is 2. The Balaban J connectivity index is 0.00000320. The maximum absolute atomic E-state index is 10.8. The predicted molar refractivity (Wildman–Crippen MR) is 127 cm³/mol. The molecule has 0 aliphatic carbocycles. The van der Waals surface area contributed by atoms with Crippen molar-refractivity contribution in [2.75, 3.05) is 52.5 Å². The number of rotatable bonds is 8. The summed E-state index contributed by atoms with van der Waals surface area (Å²) < 4.78 is 11.2. The predicted octanol–water partition coefficient (Wildman–Crippen LogP) is 2.15. The van der Waals surface area contributed by atoms with Gasteiger partial charge in [0.15, 0.2) is 5.96 Å². The summed E-state index contributed by atoms with van der Waals surface area (Å²) in [5.74, 6) is 0.741. The summed E-state index contributed by atoms with van der Waals surface area (Å²) in [6.07, 6.45) is 3.62. The Hall–Kier alpha value is -1.50. The van der Waals surface area contributed by atoms with Gasteiger partial charge < -0.3 is 20.1 Å². The van der Waals surface area contributed by atoms with Crippen LogP contribution in [0.5, 0.6) is 0 Å². The Labute approximate surface area is 194 Å². The number of ether oxygens (including phenoxy) is 2. The van der Waals surface area contributed by atoms with Crippen LogP contribution >= 0.6 is 24.0 Å². The number of nitro benzene ring substituents is 1. The molecule has 2 N–H and O–H groups in total. The van der Waals surface area contributed by atoms with Crippen LogP contribution in [-0.2, 0) is 16.0 Å². The summed E-state index contributed by atoms with van der Waals surface area (Å²) in [5.41, 5.74) is 1.02. The lowest BCUT2D eigenvalue weighted by atomic mass is 10.1. The zero-order valence-electron chi connectivity index (χ0n) is 17.3. The van der Waals surface area contributed by atoms with E-state index in [1.54, 1.807) is 12.1 Å². The first-order valence-electron chi connectivity index (χ1n) is 10.4. The van der Waals surface area contributed by atoms with E-state index in [-0.39, 0.29) is 35.8 Å². The van der Waals surface area contributed by atoms with Crippen LogP contribution in [0, 0.1) is 10.1 Å². The highest BCUT2D eigenvalue weighted by atomic mass is 127. The number of hydrogen-bond donors (Lipinski definition) is 2. The van der Waals surface area contributed by atoms with Crippen LogP contribution < -0.4 is 10.6 Å². The molecule has 1 aromatic carbocycles. The van der Waals surface area contributed by atoms with Crippen LogP contribution in [-0.4, -0.2) is 74.4 Å². The third kappa shape index (κ3) is 8.70. The fraction of sp³-hybridized carbons (Fsp3) is 0.650. The number of hydrogen-bond acceptors (Lipinski definition) is 6. The maximum Gasteiger partial charge on any atom is 0.269 e. The number of halogens is 1. The van der Waals surface area contributed by atoms with E-state index in [9.17, 15) is 10.1 Å². The minimum atomic E-state index is -0.391. The number of aliphatic imine (C=N–C) groups is 1. The first-order chi connectivity index (χ1) is 14.2. The Kier molecular flexibility index (Phi) is 11.3. The molecule has 0 amide bonds. The van der Waals surface area contributed by atoms with Crippen molar-refractivity contribution in [1.82, 2.24) is 15.5 Å². The smallest absolute Gasteiger partial charge is 0.269 e. The first-order valence-corrected chi connectivity index (χ1v) is 10.4. The zero-order chi connectivity index (χ0) is 20.3. The topological polar surface area (TPSA) is 101 Å². The standard InChI is InChI=1S/C20H31N5O4.HI/c26-25(27)18-6-4-17(5-7-18)15-22-20(23-16-19-3-1-2-12-29-19)21-8-9-24-10-13-28-14-11-24;/h4-7,19H,1-3,8-16H2,(H2,21,22,23);1H. The van der Waals surface area contributed by atoms with Crippen molar-refractivity contribution in [2.45, 2.75) is 31.9 Å². The Morgan fingerprint density at radius 2 is 1.93 bits per heavy atom. The van der Waals surface area contributed by atoms with Crippen molar-refractivity contribution in [3.8, 4) is 0 Å². The molecule has 0 aromatic heterocycles. The Morgan fingerprint density at radius 3 is 2.60 bits per heavy atom. The molecule has 1 aromatic rings. The average molecular weight is 533 g/mol. The lowest BCUT2D eigenvalue weighted by Gasteiger charge is -2.27. The van der Waals surface area contributed by atoms with Crippen LogP contribution in [0.3, 0.4) is 0 Å². The molecule has 2 heterocycles. The summed E-state index contributed by atoms with van der Waals surface area (Å²) in [7, 11) is 0. The summed E-state index contributed by atoms with van der Waals surface area (Å²) >= 11 is 0. The number of morpholine rings is 1. The summed E-state index contributed by atoms with van der Waals surface area (Å²) in [4.78, 5) is 17.4. The largest absolute Gasteiger partial charge is 0.379 e. The third-order valence-electron chi connectivity index (χ3n) is 5.16. The van der Waals surface area contributed by atoms with Gasteiger partial charge in [0.1, 0.15) is 0 Å². The highest BCUT2D eigenvalue weighted by molar-refractivity contribution is 14.0. The molecule has 2 aliphatic heterocycles. The van der Waals surface area contributed by atoms with E-state index in [1.807, 2.05) is 0 Å². The number of non-ortho nitro benzene ring substituents is 1. The fourth-order valence-corrected chi connectivity index (χ4v) is 3.40. The van der Waals surface area contributed by atoms with Crippen LogP contribution in [0.1, 0.15) is 24.8 Å². The van der Waals surface area contributed by atoms with Crippen LogP contribution in [0.4, 0.5) is 5.69 Å². The third-order valence-corrected chi connectivity index (χ3v) is 5.16. The lowest BCUT2D eigenvalue weighted by molar-refractivity contribution is -0.384. The highest BCUT2D eigenvalue weighted by Gasteiger charge is 2.15. The van der Waals surface area contributed by atoms with Crippen molar-refractivity contribution in [2.24, 2.45) is 4.99 Å². The molecular weight excluding hydrogens is 501 g/mol. The van der Waals surface area contributed by atoms with Gasteiger partial charge in [-0.1, -0.05) is 12.1 Å². The van der Waals surface area contributed by atoms with Gasteiger partial charge in [0.05, 0.1) is 30.8 Å². The molecule has 9 nitrogen and oxygen atoms in total. The second-order valence-corrected chi connectivity index (χ2v) is 7.34. The Bertz CT molecular complexity index is 662. The minimum absolute atomic E-state index is 0. The summed E-state index contributed by atoms with van der Waals surface area (Å²) in [6, 6.07) is 6.52. The van der Waals surface area contributed by atoms with Gasteiger partial charge in [0, 0.05) is 51.5 Å². The van der Waals surface area contributed by atoms with E-state index < -0.39 is 4.92 Å². The van der Waals surface area contributed by atoms with Crippen molar-refractivity contribution in [1.29, 1.82) is 0 Å². The zero-order valence-corrected chi connectivity index (χ0v) is 19.6. The van der Waals surface area contributed by atoms with E-state index in [0.29, 0.717) is 6.54 Å². The van der Waals surface area contributed by atoms with E-state index in [0.717, 1.165) is 76.9 Å². The van der Waals surface area contributed by atoms with E-state index in [1.165, 1.54) is 18.6 Å². The number of benzene rings is 1. The number of nitro groups is 1. The molecule has 3 rings (SSSR count). The Morgan fingerprint density at radius 1 is 1.17 bits per heavy atom. The van der Waals surface area contributed by atoms with Crippen molar-refractivity contribution in [3.05, 3.63) is 39.9 Å². The highest BCUT2D eigenvalue weighted by Crippen LogP contribution is 2.13. The van der Waals surface area contributed by atoms with Gasteiger partial charge in [-0.05, 0) is 24.8 Å². The molecule has 1 unspecified atom stereocenters. The molecule has 0 bridgehead atoms. The quantitative estimate of drug-likeness (QED) is 0.174. The second kappa shape index (κ2) is 13.7. The van der Waals surface area contributed by atoms with Crippen molar-refractivity contribution < 1.29 is 14.4 Å². The van der Waals surface area contributed by atoms with Gasteiger partial charge in [-0.2, -0.15) is 0 Å². The van der Waals surface area contributed by atoms with Crippen molar-refractivity contribution >= 4 is 35.6 Å². The van der Waals surface area contributed by atoms with Crippen LogP contribution in [0.2, 0.25) is 0 Å². The fourth-order valence-electron chi connectivity index (χ4n) is 3.40. The number of nitrogens with zero attached hydrogens (tertiary/aromatic N) is 3. The van der Waals surface area contributed by atoms with Gasteiger partial charge in [-0.25, -0.2) is 4.99 Å². The van der Waals surface area contributed by atoms with E-state index in [2.05, 4.69) is 20.5 Å². The lowest BCUT2D eigenvalue weighted by Crippen LogP contribution is -2.46. The van der Waals surface area contributed by atoms with Crippen LogP contribution in [0.25, 0.3) is 0 Å². The van der Waals surface area contributed by atoms with Gasteiger partial charge in [-0.3, -0.25) is 15.0 Å². The van der Waals surface area contributed by atoms with Crippen LogP contribution in [0.15, 0.2) is 29.3 Å². The maximum atomic E-state index is 10.8. The molecule has 2 aliphatic rings. The molecular formula is C20H32IN5O4. The molecule has 2 fully saturated rings. The normalized spacial score (nSPS) is 20.3. The molecule has 0 radical (unpaired) electrons. The SMILES string of the molecule is I.O=[N+]([O-])c1ccc(CN=C(NCCN2CCOCC2)NCC2CCCCO2)cc1. The van der Waals surface area contributed by atoms with Crippen molar-refractivity contribution in [3.63, 3.8) is 0 Å². The minimum Gasteiger partial charge on any atom is -0.379 e. The summed E-state index contributed by atoms with van der Waals surface area (Å²) in [6.45, 7) is 7.22. The van der Waals surface area contributed by atoms with E-state index >= 15 is 0 Å². The van der Waals surface area contributed by atoms with Gasteiger partial charge >= 0.3 is 0 Å². The molecule has 2 saturated heterocycles. The average Bonchev–Trinajstić information content (AvgIpc) is 2.77. The van der Waals surface area contributed by atoms with E-state index in [4.69, 9.17) is 9.47 Å².